The summed E-state index contributed by atoms with van der Waals surface area (Å²) >= 11 is 0. The second-order valence-electron chi connectivity index (χ2n) is 8.88. The van der Waals surface area contributed by atoms with Crippen LogP contribution in [0.5, 0.6) is 5.75 Å². The summed E-state index contributed by atoms with van der Waals surface area (Å²) in [5.74, 6) is 2.36. The van der Waals surface area contributed by atoms with Crippen LogP contribution in [0.3, 0.4) is 0 Å². The highest BCUT2D eigenvalue weighted by atomic mass is 16.3. The second-order valence-corrected chi connectivity index (χ2v) is 8.88. The number of hydrogen-bond donors (Lipinski definition) is 2. The van der Waals surface area contributed by atoms with Gasteiger partial charge in [-0.3, -0.25) is 4.79 Å². The van der Waals surface area contributed by atoms with Crippen molar-refractivity contribution in [1.82, 2.24) is 14.9 Å². The standard InChI is InChI=1S/C23H28N4O3/c1-14-9-21(25-23(24-14)17-5-2-3-7-20(17)29)26-11-15-10-16(12-26)19(13-28)27-18(15)6-4-8-22(27)30/h2-3,5,7,9,15-16,18-19,28-29H,4,6,8,10-13H2,1H3/t15-,16+,18+,19+/m1/s1. The Kier molecular flexibility index (Phi) is 4.85. The van der Waals surface area contributed by atoms with E-state index in [1.807, 2.05) is 30.0 Å². The monoisotopic (exact) mass is 408 g/mol. The molecule has 5 rings (SSSR count). The maximum absolute atomic E-state index is 12.6. The van der Waals surface area contributed by atoms with Crippen molar-refractivity contribution in [2.24, 2.45) is 11.8 Å². The van der Waals surface area contributed by atoms with Crippen LogP contribution >= 0.6 is 0 Å². The Balaban J connectivity index is 1.48. The van der Waals surface area contributed by atoms with Gasteiger partial charge in [0.1, 0.15) is 11.6 Å². The zero-order valence-electron chi connectivity index (χ0n) is 17.2. The lowest BCUT2D eigenvalue weighted by Crippen LogP contribution is -2.66. The van der Waals surface area contributed by atoms with Gasteiger partial charge in [0.25, 0.3) is 0 Å². The highest BCUT2D eigenvalue weighted by Crippen LogP contribution is 2.42. The van der Waals surface area contributed by atoms with Crippen LogP contribution in [0, 0.1) is 18.8 Å². The van der Waals surface area contributed by atoms with E-state index in [0.29, 0.717) is 23.7 Å². The first-order valence-electron chi connectivity index (χ1n) is 10.9. The van der Waals surface area contributed by atoms with Gasteiger partial charge >= 0.3 is 0 Å². The number of anilines is 1. The Morgan fingerprint density at radius 1 is 1.17 bits per heavy atom. The van der Waals surface area contributed by atoms with Gasteiger partial charge in [-0.2, -0.15) is 0 Å². The highest BCUT2D eigenvalue weighted by molar-refractivity contribution is 5.78. The molecule has 2 bridgehead atoms. The van der Waals surface area contributed by atoms with E-state index < -0.39 is 0 Å². The number of nitrogens with zero attached hydrogens (tertiary/aromatic N) is 4. The van der Waals surface area contributed by atoms with Crippen LogP contribution in [0.1, 0.15) is 31.4 Å². The molecule has 30 heavy (non-hydrogen) atoms. The van der Waals surface area contributed by atoms with E-state index in [1.54, 1.807) is 12.1 Å². The molecule has 2 N–H and O–H groups in total. The van der Waals surface area contributed by atoms with Crippen molar-refractivity contribution in [2.45, 2.75) is 44.7 Å². The third-order valence-corrected chi connectivity index (χ3v) is 6.99. The van der Waals surface area contributed by atoms with Crippen molar-refractivity contribution in [1.29, 1.82) is 0 Å². The Morgan fingerprint density at radius 3 is 2.77 bits per heavy atom. The second kappa shape index (κ2) is 7.54. The molecule has 7 nitrogen and oxygen atoms in total. The minimum Gasteiger partial charge on any atom is -0.507 e. The first kappa shape index (κ1) is 19.3. The molecule has 7 heteroatoms. The molecule has 1 amide bonds. The average molecular weight is 409 g/mol. The molecule has 4 atom stereocenters. The fraction of sp³-hybridized carbons (Fsp3) is 0.522. The Morgan fingerprint density at radius 2 is 1.97 bits per heavy atom. The highest BCUT2D eigenvalue weighted by Gasteiger charge is 2.49. The molecule has 0 saturated carbocycles. The van der Waals surface area contributed by atoms with Crippen LogP contribution in [-0.4, -0.2) is 62.8 Å². The summed E-state index contributed by atoms with van der Waals surface area (Å²) < 4.78 is 0. The molecule has 158 valence electrons. The number of aliphatic hydroxyl groups is 1. The van der Waals surface area contributed by atoms with E-state index in [-0.39, 0.29) is 36.3 Å². The van der Waals surface area contributed by atoms with Gasteiger partial charge in [-0.1, -0.05) is 12.1 Å². The van der Waals surface area contributed by atoms with E-state index in [9.17, 15) is 15.0 Å². The lowest BCUT2D eigenvalue weighted by atomic mass is 9.72. The third kappa shape index (κ3) is 3.21. The molecule has 1 aromatic carbocycles. The SMILES string of the molecule is Cc1cc(N2C[C@H]3C[C@@H](C2)[C@H](CO)N2C(=O)CCC[C@@H]32)nc(-c2ccccc2O)n1. The number of hydrogen-bond acceptors (Lipinski definition) is 6. The number of benzene rings is 1. The average Bonchev–Trinajstić information content (AvgIpc) is 2.74. The minimum atomic E-state index is -0.109. The summed E-state index contributed by atoms with van der Waals surface area (Å²) in [6.07, 6.45) is 3.60. The number of aliphatic hydroxyl groups excluding tert-OH is 1. The van der Waals surface area contributed by atoms with Gasteiger partial charge in [-0.15, -0.1) is 0 Å². The number of aryl methyl sites for hydroxylation is 1. The maximum atomic E-state index is 12.6. The number of piperidine rings is 3. The molecular weight excluding hydrogens is 380 g/mol. The van der Waals surface area contributed by atoms with Gasteiger partial charge in [-0.25, -0.2) is 9.97 Å². The number of fused-ring (bicyclic) bond motifs is 4. The number of rotatable bonds is 3. The molecule has 0 radical (unpaired) electrons. The quantitative estimate of drug-likeness (QED) is 0.810. The first-order chi connectivity index (χ1) is 14.5. The Hall–Kier alpha value is -2.67. The summed E-state index contributed by atoms with van der Waals surface area (Å²) in [6.45, 7) is 3.56. The fourth-order valence-electron chi connectivity index (χ4n) is 5.69. The summed E-state index contributed by atoms with van der Waals surface area (Å²) in [5.41, 5.74) is 1.47. The topological polar surface area (TPSA) is 89.8 Å². The number of amides is 1. The van der Waals surface area contributed by atoms with Crippen LogP contribution in [0.15, 0.2) is 30.3 Å². The van der Waals surface area contributed by atoms with Crippen molar-refractivity contribution < 1.29 is 15.0 Å². The zero-order chi connectivity index (χ0) is 20.8. The molecule has 2 aromatic rings. The third-order valence-electron chi connectivity index (χ3n) is 6.99. The van der Waals surface area contributed by atoms with E-state index in [4.69, 9.17) is 4.98 Å². The number of aromatic hydroxyl groups is 1. The molecule has 3 aliphatic rings. The number of phenolic OH excluding ortho intramolecular Hbond substituents is 1. The van der Waals surface area contributed by atoms with Gasteiger partial charge in [0.15, 0.2) is 5.82 Å². The molecule has 3 aliphatic heterocycles. The molecule has 0 unspecified atom stereocenters. The number of aromatic nitrogens is 2. The van der Waals surface area contributed by atoms with Crippen molar-refractivity contribution >= 4 is 11.7 Å². The van der Waals surface area contributed by atoms with Gasteiger partial charge < -0.3 is 20.0 Å². The summed E-state index contributed by atoms with van der Waals surface area (Å²) in [6, 6.07) is 9.21. The predicted octanol–water partition coefficient (Wildman–Crippen LogP) is 2.36. The van der Waals surface area contributed by atoms with E-state index in [1.165, 1.54) is 0 Å². The first-order valence-corrected chi connectivity index (χ1v) is 10.9. The Labute approximate surface area is 176 Å². The molecule has 3 fully saturated rings. The van der Waals surface area contributed by atoms with Gasteiger partial charge in [-0.05, 0) is 50.2 Å². The number of carbonyl (C=O) groups is 1. The molecule has 0 spiro atoms. The Bertz CT molecular complexity index is 951. The van der Waals surface area contributed by atoms with Gasteiger partial charge in [0.05, 0.1) is 18.2 Å². The smallest absolute Gasteiger partial charge is 0.223 e. The van der Waals surface area contributed by atoms with Crippen LogP contribution in [0.4, 0.5) is 5.82 Å². The summed E-state index contributed by atoms with van der Waals surface area (Å²) in [7, 11) is 0. The van der Waals surface area contributed by atoms with E-state index in [0.717, 1.165) is 43.9 Å². The van der Waals surface area contributed by atoms with Crippen molar-refractivity contribution in [3.8, 4) is 17.1 Å². The zero-order valence-corrected chi connectivity index (χ0v) is 17.2. The van der Waals surface area contributed by atoms with Crippen molar-refractivity contribution in [3.05, 3.63) is 36.0 Å². The van der Waals surface area contributed by atoms with Crippen LogP contribution < -0.4 is 4.90 Å². The van der Waals surface area contributed by atoms with Crippen molar-refractivity contribution in [2.75, 3.05) is 24.6 Å². The molecule has 0 aliphatic carbocycles. The summed E-state index contributed by atoms with van der Waals surface area (Å²) in [5, 5.41) is 20.4. The van der Waals surface area contributed by atoms with Crippen LogP contribution in [0.25, 0.3) is 11.4 Å². The summed E-state index contributed by atoms with van der Waals surface area (Å²) in [4.78, 5) is 26.3. The number of para-hydroxylation sites is 1. The number of carbonyl (C=O) groups excluding carboxylic acids is 1. The van der Waals surface area contributed by atoms with Crippen LogP contribution in [-0.2, 0) is 4.79 Å². The van der Waals surface area contributed by atoms with Crippen molar-refractivity contribution in [3.63, 3.8) is 0 Å². The van der Waals surface area contributed by atoms with Crippen LogP contribution in [0.2, 0.25) is 0 Å². The van der Waals surface area contributed by atoms with E-state index in [2.05, 4.69) is 9.88 Å². The predicted molar refractivity (Wildman–Crippen MR) is 113 cm³/mol. The molecule has 3 saturated heterocycles. The van der Waals surface area contributed by atoms with Gasteiger partial charge in [0, 0.05) is 37.3 Å². The minimum absolute atomic E-state index is 0.0133. The van der Waals surface area contributed by atoms with Gasteiger partial charge in [0.2, 0.25) is 5.91 Å². The molecular formula is C23H28N4O3. The lowest BCUT2D eigenvalue weighted by Gasteiger charge is -2.56. The fourth-order valence-corrected chi connectivity index (χ4v) is 5.69. The lowest BCUT2D eigenvalue weighted by molar-refractivity contribution is -0.150. The van der Waals surface area contributed by atoms with E-state index >= 15 is 0 Å². The number of phenols is 1. The largest absolute Gasteiger partial charge is 0.507 e. The molecule has 1 aromatic heterocycles. The normalized spacial score (nSPS) is 28.4. The molecule has 4 heterocycles. The maximum Gasteiger partial charge on any atom is 0.223 e.